The molecule has 1 fully saturated rings. The summed E-state index contributed by atoms with van der Waals surface area (Å²) in [6, 6.07) is 4.68. The summed E-state index contributed by atoms with van der Waals surface area (Å²) in [6.45, 7) is 2.32. The van der Waals surface area contributed by atoms with Crippen molar-refractivity contribution >= 4 is 21.6 Å². The van der Waals surface area contributed by atoms with Gasteiger partial charge in [-0.1, -0.05) is 31.4 Å². The maximum absolute atomic E-state index is 12.4. The summed E-state index contributed by atoms with van der Waals surface area (Å²) in [6.07, 6.45) is 4.23. The third-order valence-electron chi connectivity index (χ3n) is 3.97. The molecule has 0 bridgehead atoms. The Morgan fingerprint density at radius 2 is 2.05 bits per heavy atom. The summed E-state index contributed by atoms with van der Waals surface area (Å²) in [5.41, 5.74) is 6.21. The van der Waals surface area contributed by atoms with Crippen LogP contribution in [0.2, 0.25) is 5.02 Å². The molecule has 6 heteroatoms. The van der Waals surface area contributed by atoms with Gasteiger partial charge in [0.1, 0.15) is 0 Å². The van der Waals surface area contributed by atoms with Crippen molar-refractivity contribution in [1.29, 1.82) is 0 Å². The molecule has 0 aliphatic heterocycles. The lowest BCUT2D eigenvalue weighted by atomic mass is 9.87. The van der Waals surface area contributed by atoms with Crippen LogP contribution in [0.15, 0.2) is 23.1 Å². The van der Waals surface area contributed by atoms with Gasteiger partial charge >= 0.3 is 0 Å². The number of halogens is 1. The summed E-state index contributed by atoms with van der Waals surface area (Å²) in [4.78, 5) is 0.236. The number of nitrogens with two attached hydrogens (primary N) is 1. The fourth-order valence-corrected chi connectivity index (χ4v) is 4.26. The lowest BCUT2D eigenvalue weighted by Gasteiger charge is -2.29. The quantitative estimate of drug-likeness (QED) is 0.897. The first kappa shape index (κ1) is 15.8. The maximum atomic E-state index is 12.4. The van der Waals surface area contributed by atoms with Crippen molar-refractivity contribution in [2.24, 2.45) is 11.7 Å². The van der Waals surface area contributed by atoms with Gasteiger partial charge in [0.05, 0.1) is 4.90 Å². The van der Waals surface area contributed by atoms with E-state index in [-0.39, 0.29) is 17.5 Å². The number of hydrogen-bond donors (Lipinski definition) is 2. The normalized spacial score (nSPS) is 23.8. The van der Waals surface area contributed by atoms with E-state index in [1.165, 1.54) is 12.5 Å². The second-order valence-electron chi connectivity index (χ2n) is 5.45. The molecule has 112 valence electrons. The van der Waals surface area contributed by atoms with Crippen molar-refractivity contribution < 1.29 is 8.42 Å². The molecular weight excluding hydrogens is 296 g/mol. The summed E-state index contributed by atoms with van der Waals surface area (Å²) in [5, 5.41) is 0.498. The van der Waals surface area contributed by atoms with Gasteiger partial charge in [0.2, 0.25) is 10.0 Å². The van der Waals surface area contributed by atoms with Crippen LogP contribution in [-0.4, -0.2) is 14.5 Å². The molecule has 0 aromatic heterocycles. The molecule has 0 heterocycles. The molecule has 1 saturated carbocycles. The first-order valence-electron chi connectivity index (χ1n) is 6.95. The zero-order valence-electron chi connectivity index (χ0n) is 11.6. The van der Waals surface area contributed by atoms with E-state index >= 15 is 0 Å². The number of hydrogen-bond acceptors (Lipinski definition) is 3. The second kappa shape index (κ2) is 6.43. The molecule has 1 aromatic carbocycles. The van der Waals surface area contributed by atoms with Crippen molar-refractivity contribution in [3.05, 3.63) is 28.8 Å². The molecule has 2 rings (SSSR count). The van der Waals surface area contributed by atoms with Crippen LogP contribution in [-0.2, 0) is 16.6 Å². The van der Waals surface area contributed by atoms with Crippen molar-refractivity contribution in [2.75, 3.05) is 0 Å². The van der Waals surface area contributed by atoms with Crippen LogP contribution in [0.25, 0.3) is 0 Å². The Balaban J connectivity index is 2.21. The zero-order chi connectivity index (χ0) is 14.8. The van der Waals surface area contributed by atoms with E-state index in [2.05, 4.69) is 11.6 Å². The van der Waals surface area contributed by atoms with Gasteiger partial charge in [-0.15, -0.1) is 0 Å². The largest absolute Gasteiger partial charge is 0.326 e. The lowest BCUT2D eigenvalue weighted by molar-refractivity contribution is 0.310. The molecule has 0 saturated heterocycles. The topological polar surface area (TPSA) is 72.2 Å². The molecule has 1 aliphatic carbocycles. The summed E-state index contributed by atoms with van der Waals surface area (Å²) >= 11 is 5.97. The molecule has 1 aliphatic rings. The molecule has 3 N–H and O–H groups in total. The Labute approximate surface area is 125 Å². The number of rotatable bonds is 4. The maximum Gasteiger partial charge on any atom is 0.240 e. The average Bonchev–Trinajstić information content (AvgIpc) is 2.41. The van der Waals surface area contributed by atoms with E-state index in [0.29, 0.717) is 16.5 Å². The fraction of sp³-hybridized carbons (Fsp3) is 0.571. The first-order chi connectivity index (χ1) is 9.44. The average molecular weight is 317 g/mol. The number of benzene rings is 1. The minimum Gasteiger partial charge on any atom is -0.326 e. The Kier molecular flexibility index (Phi) is 5.07. The van der Waals surface area contributed by atoms with Crippen LogP contribution in [0.4, 0.5) is 0 Å². The summed E-state index contributed by atoms with van der Waals surface area (Å²) in [5.74, 6) is 0.375. The number of sulfonamides is 1. The van der Waals surface area contributed by atoms with Crippen LogP contribution in [0.3, 0.4) is 0 Å². The Bertz CT molecular complexity index is 575. The van der Waals surface area contributed by atoms with E-state index in [0.717, 1.165) is 19.3 Å². The van der Waals surface area contributed by atoms with Gasteiger partial charge in [0, 0.05) is 17.6 Å². The van der Waals surface area contributed by atoms with Gasteiger partial charge < -0.3 is 5.73 Å². The molecular formula is C14H21ClN2O2S. The highest BCUT2D eigenvalue weighted by Gasteiger charge is 2.26. The van der Waals surface area contributed by atoms with Crippen LogP contribution < -0.4 is 10.5 Å². The smallest absolute Gasteiger partial charge is 0.240 e. The van der Waals surface area contributed by atoms with Crippen molar-refractivity contribution in [3.8, 4) is 0 Å². The van der Waals surface area contributed by atoms with Gasteiger partial charge in [-0.2, -0.15) is 0 Å². The standard InChI is InChI=1S/C14H21ClN2O2S/c1-10-4-2-3-5-14(10)17-20(18,19)12-6-7-13(15)11(8-12)9-16/h6-8,10,14,17H,2-5,9,16H2,1H3. The minimum atomic E-state index is -3.51. The zero-order valence-corrected chi connectivity index (χ0v) is 13.2. The minimum absolute atomic E-state index is 0.0192. The molecule has 0 amide bonds. The van der Waals surface area contributed by atoms with E-state index < -0.39 is 10.0 Å². The van der Waals surface area contributed by atoms with E-state index in [4.69, 9.17) is 17.3 Å². The van der Waals surface area contributed by atoms with Crippen molar-refractivity contribution in [1.82, 2.24) is 4.72 Å². The van der Waals surface area contributed by atoms with Gasteiger partial charge in [0.25, 0.3) is 0 Å². The lowest BCUT2D eigenvalue weighted by Crippen LogP contribution is -2.41. The Morgan fingerprint density at radius 1 is 1.35 bits per heavy atom. The van der Waals surface area contributed by atoms with Gasteiger partial charge in [0.15, 0.2) is 0 Å². The second-order valence-corrected chi connectivity index (χ2v) is 7.57. The predicted molar refractivity (Wildman–Crippen MR) is 81.1 cm³/mol. The van der Waals surface area contributed by atoms with Crippen molar-refractivity contribution in [3.63, 3.8) is 0 Å². The van der Waals surface area contributed by atoms with Crippen molar-refractivity contribution in [2.45, 2.75) is 50.1 Å². The Hall–Kier alpha value is -0.620. The van der Waals surface area contributed by atoms with Crippen LogP contribution in [0.1, 0.15) is 38.2 Å². The summed E-state index contributed by atoms with van der Waals surface area (Å²) in [7, 11) is -3.51. The molecule has 2 atom stereocenters. The predicted octanol–water partition coefficient (Wildman–Crippen LogP) is 2.66. The molecule has 4 nitrogen and oxygen atoms in total. The van der Waals surface area contributed by atoms with E-state index in [9.17, 15) is 8.42 Å². The highest BCUT2D eigenvalue weighted by Crippen LogP contribution is 2.26. The van der Waals surface area contributed by atoms with Crippen LogP contribution >= 0.6 is 11.6 Å². The van der Waals surface area contributed by atoms with Gasteiger partial charge in [-0.3, -0.25) is 0 Å². The molecule has 0 radical (unpaired) electrons. The summed E-state index contributed by atoms with van der Waals surface area (Å²) < 4.78 is 27.7. The molecule has 20 heavy (non-hydrogen) atoms. The molecule has 1 aromatic rings. The first-order valence-corrected chi connectivity index (χ1v) is 8.81. The van der Waals surface area contributed by atoms with Gasteiger partial charge in [-0.05, 0) is 42.5 Å². The third kappa shape index (κ3) is 3.52. The fourth-order valence-electron chi connectivity index (χ4n) is 2.63. The van der Waals surface area contributed by atoms with Crippen LogP contribution in [0, 0.1) is 5.92 Å². The van der Waals surface area contributed by atoms with Crippen LogP contribution in [0.5, 0.6) is 0 Å². The van der Waals surface area contributed by atoms with E-state index in [1.54, 1.807) is 12.1 Å². The SMILES string of the molecule is CC1CCCCC1NS(=O)(=O)c1ccc(Cl)c(CN)c1. The molecule has 2 unspecified atom stereocenters. The van der Waals surface area contributed by atoms with Gasteiger partial charge in [-0.25, -0.2) is 13.1 Å². The number of nitrogens with one attached hydrogen (secondary N) is 1. The Morgan fingerprint density at radius 3 is 2.70 bits per heavy atom. The molecule has 0 spiro atoms. The monoisotopic (exact) mass is 316 g/mol. The highest BCUT2D eigenvalue weighted by atomic mass is 35.5. The third-order valence-corrected chi connectivity index (χ3v) is 5.82. The van der Waals surface area contributed by atoms with E-state index in [1.807, 2.05) is 0 Å². The highest BCUT2D eigenvalue weighted by molar-refractivity contribution is 7.89.